The Morgan fingerprint density at radius 2 is 2.15 bits per heavy atom. The Morgan fingerprint density at radius 1 is 1.35 bits per heavy atom. The predicted octanol–water partition coefficient (Wildman–Crippen LogP) is 1.64. The number of hydrogen-bond donors (Lipinski definition) is 1. The maximum Gasteiger partial charge on any atom is 0.442 e. The number of pyridine rings is 1. The van der Waals surface area contributed by atoms with E-state index in [0.717, 1.165) is 0 Å². The van der Waals surface area contributed by atoms with E-state index in [0.29, 0.717) is 17.9 Å². The normalized spacial score (nSPS) is 11.8. The largest absolute Gasteiger partial charge is 0.442 e. The highest BCUT2D eigenvalue weighted by molar-refractivity contribution is 8.00. The van der Waals surface area contributed by atoms with Crippen molar-refractivity contribution >= 4 is 23.3 Å². The maximum absolute atomic E-state index is 11.9. The molecule has 2 rings (SSSR count). The number of carbonyl (C=O) groups is 1. The van der Waals surface area contributed by atoms with Crippen LogP contribution in [0.4, 0.5) is 13.2 Å². The zero-order chi connectivity index (χ0) is 14.6. The number of carbonyl (C=O) groups excluding carboxylic acids is 1. The number of thioether (sulfide) groups is 1. The van der Waals surface area contributed by atoms with E-state index in [9.17, 15) is 18.0 Å². The molecule has 108 valence electrons. The van der Waals surface area contributed by atoms with E-state index in [2.05, 4.69) is 15.5 Å². The number of alkyl halides is 3. The third-order valence-corrected chi connectivity index (χ3v) is 3.16. The molecule has 9 heteroatoms. The number of nitrogens with one attached hydrogen (secondary N) is 1. The van der Waals surface area contributed by atoms with Crippen molar-refractivity contribution in [3.8, 4) is 0 Å². The minimum atomic E-state index is -4.39. The Hall–Kier alpha value is -1.77. The van der Waals surface area contributed by atoms with Crippen LogP contribution in [0.3, 0.4) is 0 Å². The second-order valence-corrected chi connectivity index (χ2v) is 4.92. The summed E-state index contributed by atoms with van der Waals surface area (Å²) in [4.78, 5) is 11.2. The predicted molar refractivity (Wildman–Crippen MR) is 68.2 cm³/mol. The summed E-state index contributed by atoms with van der Waals surface area (Å²) in [5.74, 6) is -0.644. The molecule has 0 fully saturated rings. The van der Waals surface area contributed by atoms with Crippen LogP contribution in [-0.4, -0.2) is 38.3 Å². The Balaban J connectivity index is 1.80. The highest BCUT2D eigenvalue weighted by Crippen LogP contribution is 2.29. The molecule has 0 saturated carbocycles. The van der Waals surface area contributed by atoms with Crippen molar-refractivity contribution in [1.82, 2.24) is 19.9 Å². The summed E-state index contributed by atoms with van der Waals surface area (Å²) in [6.45, 7) is 0.215. The molecular weight excluding hydrogens is 293 g/mol. The summed E-state index contributed by atoms with van der Waals surface area (Å²) in [5.41, 5.74) is -3.71. The molecule has 0 atom stereocenters. The molecule has 0 aromatic carbocycles. The van der Waals surface area contributed by atoms with Crippen LogP contribution < -0.4 is 5.32 Å². The molecule has 2 aromatic rings. The molecule has 0 bridgehead atoms. The smallest absolute Gasteiger partial charge is 0.355 e. The molecule has 1 amide bonds. The molecular formula is C11H11F3N4OS. The molecule has 0 spiro atoms. The van der Waals surface area contributed by atoms with Gasteiger partial charge in [0.2, 0.25) is 5.91 Å². The van der Waals surface area contributed by atoms with Gasteiger partial charge in [-0.15, -0.1) is 10.2 Å². The molecule has 1 N–H and O–H groups in total. The quantitative estimate of drug-likeness (QED) is 0.912. The lowest BCUT2D eigenvalue weighted by Crippen LogP contribution is -2.28. The van der Waals surface area contributed by atoms with Crippen molar-refractivity contribution in [2.45, 2.75) is 11.9 Å². The number of rotatable bonds is 5. The standard InChI is InChI=1S/C11H11F3N4OS/c12-11(13,14)20-7-10(19)15-5-4-9-17-16-8-3-1-2-6-18(8)9/h1-3,6H,4-5,7H2,(H,15,19). The number of nitrogens with zero attached hydrogens (tertiary/aromatic N) is 3. The lowest BCUT2D eigenvalue weighted by atomic mass is 10.4. The van der Waals surface area contributed by atoms with Gasteiger partial charge in [0.25, 0.3) is 0 Å². The average molecular weight is 304 g/mol. The van der Waals surface area contributed by atoms with Crippen molar-refractivity contribution < 1.29 is 18.0 Å². The molecule has 0 aliphatic rings. The topological polar surface area (TPSA) is 59.3 Å². The van der Waals surface area contributed by atoms with Gasteiger partial charge in [-0.3, -0.25) is 9.20 Å². The monoisotopic (exact) mass is 304 g/mol. The highest BCUT2D eigenvalue weighted by atomic mass is 32.2. The third-order valence-electron chi connectivity index (χ3n) is 2.42. The summed E-state index contributed by atoms with van der Waals surface area (Å²) < 4.78 is 37.5. The van der Waals surface area contributed by atoms with E-state index >= 15 is 0 Å². The minimum absolute atomic E-state index is 0.215. The second kappa shape index (κ2) is 6.12. The second-order valence-electron chi connectivity index (χ2n) is 3.88. The zero-order valence-corrected chi connectivity index (χ0v) is 11.0. The van der Waals surface area contributed by atoms with E-state index in [4.69, 9.17) is 0 Å². The number of amides is 1. The summed E-state index contributed by atoms with van der Waals surface area (Å²) in [6.07, 6.45) is 2.18. The fourth-order valence-corrected chi connectivity index (χ4v) is 1.97. The zero-order valence-electron chi connectivity index (χ0n) is 10.2. The molecule has 5 nitrogen and oxygen atoms in total. The van der Waals surface area contributed by atoms with Gasteiger partial charge in [0.15, 0.2) is 5.65 Å². The number of fused-ring (bicyclic) bond motifs is 1. The molecule has 0 aliphatic heterocycles. The van der Waals surface area contributed by atoms with Gasteiger partial charge in [-0.1, -0.05) is 6.07 Å². The van der Waals surface area contributed by atoms with Crippen molar-refractivity contribution in [2.24, 2.45) is 0 Å². The molecule has 0 unspecified atom stereocenters. The van der Waals surface area contributed by atoms with Crippen molar-refractivity contribution in [3.05, 3.63) is 30.2 Å². The van der Waals surface area contributed by atoms with Crippen LogP contribution in [0.5, 0.6) is 0 Å². The Bertz CT molecular complexity index is 599. The third kappa shape index (κ3) is 4.12. The van der Waals surface area contributed by atoms with E-state index < -0.39 is 17.2 Å². The van der Waals surface area contributed by atoms with Gasteiger partial charge in [-0.2, -0.15) is 13.2 Å². The van der Waals surface area contributed by atoms with Crippen LogP contribution in [0.1, 0.15) is 5.82 Å². The molecule has 0 saturated heterocycles. The van der Waals surface area contributed by atoms with Crippen LogP contribution >= 0.6 is 11.8 Å². The van der Waals surface area contributed by atoms with Crippen LogP contribution in [0.15, 0.2) is 24.4 Å². The van der Waals surface area contributed by atoms with E-state index in [-0.39, 0.29) is 18.3 Å². The van der Waals surface area contributed by atoms with Gasteiger partial charge in [0.05, 0.1) is 5.75 Å². The first-order valence-corrected chi connectivity index (χ1v) is 6.70. The van der Waals surface area contributed by atoms with Gasteiger partial charge in [-0.05, 0) is 23.9 Å². The van der Waals surface area contributed by atoms with Crippen molar-refractivity contribution in [3.63, 3.8) is 0 Å². The average Bonchev–Trinajstić information content (AvgIpc) is 2.79. The van der Waals surface area contributed by atoms with Crippen molar-refractivity contribution in [1.29, 1.82) is 0 Å². The van der Waals surface area contributed by atoms with Crippen LogP contribution in [0, 0.1) is 0 Å². The maximum atomic E-state index is 11.9. The lowest BCUT2D eigenvalue weighted by Gasteiger charge is -2.06. The number of halogens is 3. The Morgan fingerprint density at radius 3 is 2.90 bits per heavy atom. The van der Waals surface area contributed by atoms with Crippen LogP contribution in [-0.2, 0) is 11.2 Å². The van der Waals surface area contributed by atoms with Gasteiger partial charge >= 0.3 is 5.51 Å². The Kier molecular flexibility index (Phi) is 4.48. The molecule has 0 aliphatic carbocycles. The first-order valence-electron chi connectivity index (χ1n) is 5.72. The van der Waals surface area contributed by atoms with E-state index in [1.54, 1.807) is 16.7 Å². The van der Waals surface area contributed by atoms with Crippen LogP contribution in [0.25, 0.3) is 5.65 Å². The minimum Gasteiger partial charge on any atom is -0.355 e. The summed E-state index contributed by atoms with van der Waals surface area (Å²) in [5, 5.41) is 10.3. The summed E-state index contributed by atoms with van der Waals surface area (Å²) in [6, 6.07) is 5.43. The van der Waals surface area contributed by atoms with Gasteiger partial charge < -0.3 is 5.32 Å². The SMILES string of the molecule is O=C(CSC(F)(F)F)NCCc1nnc2ccccn12. The van der Waals surface area contributed by atoms with E-state index in [1.165, 1.54) is 0 Å². The van der Waals surface area contributed by atoms with Gasteiger partial charge in [-0.25, -0.2) is 0 Å². The van der Waals surface area contributed by atoms with Crippen molar-refractivity contribution in [2.75, 3.05) is 12.3 Å². The number of aromatic nitrogens is 3. The van der Waals surface area contributed by atoms with Crippen LogP contribution in [0.2, 0.25) is 0 Å². The fraction of sp³-hybridized carbons (Fsp3) is 0.364. The fourth-order valence-electron chi connectivity index (χ4n) is 1.57. The molecule has 2 aromatic heterocycles. The first kappa shape index (κ1) is 14.6. The number of hydrogen-bond acceptors (Lipinski definition) is 4. The summed E-state index contributed by atoms with van der Waals surface area (Å²) in [7, 11) is 0. The lowest BCUT2D eigenvalue weighted by molar-refractivity contribution is -0.118. The Labute approximate surface area is 116 Å². The highest BCUT2D eigenvalue weighted by Gasteiger charge is 2.29. The molecule has 2 heterocycles. The molecule has 0 radical (unpaired) electrons. The first-order chi connectivity index (χ1) is 9.46. The van der Waals surface area contributed by atoms with Gasteiger partial charge in [0, 0.05) is 19.2 Å². The van der Waals surface area contributed by atoms with Gasteiger partial charge in [0.1, 0.15) is 5.82 Å². The van der Waals surface area contributed by atoms with E-state index in [1.807, 2.05) is 12.1 Å². The summed E-state index contributed by atoms with van der Waals surface area (Å²) >= 11 is -0.353. The molecule has 20 heavy (non-hydrogen) atoms.